The van der Waals surface area contributed by atoms with E-state index in [9.17, 15) is 8.42 Å². The van der Waals surface area contributed by atoms with E-state index in [0.29, 0.717) is 37.4 Å². The van der Waals surface area contributed by atoms with Crippen LogP contribution in [0.5, 0.6) is 17.2 Å². The number of benzene rings is 2. The van der Waals surface area contributed by atoms with Crippen molar-refractivity contribution < 1.29 is 22.6 Å². The van der Waals surface area contributed by atoms with Crippen LogP contribution in [0.2, 0.25) is 0 Å². The van der Waals surface area contributed by atoms with E-state index in [2.05, 4.69) is 11.1 Å². The monoisotopic (exact) mass is 457 g/mol. The average molecular weight is 458 g/mol. The van der Waals surface area contributed by atoms with E-state index in [1.54, 1.807) is 14.2 Å². The Hall–Kier alpha value is -2.78. The highest BCUT2D eigenvalue weighted by molar-refractivity contribution is 7.88. The van der Waals surface area contributed by atoms with Crippen molar-refractivity contribution in [3.8, 4) is 17.2 Å². The lowest BCUT2D eigenvalue weighted by molar-refractivity contribution is -0.143. The summed E-state index contributed by atoms with van der Waals surface area (Å²) in [6, 6.07) is 13.9. The van der Waals surface area contributed by atoms with E-state index in [4.69, 9.17) is 19.3 Å². The Bertz CT molecular complexity index is 1170. The molecule has 3 aliphatic heterocycles. The Kier molecular flexibility index (Phi) is 5.05. The topological polar surface area (TPSA) is 80.7 Å². The van der Waals surface area contributed by atoms with Gasteiger partial charge in [0.15, 0.2) is 11.5 Å². The Labute approximate surface area is 188 Å². The quantitative estimate of drug-likeness (QED) is 0.702. The summed E-state index contributed by atoms with van der Waals surface area (Å²) in [7, 11) is 0.00364. The molecule has 170 valence electrons. The maximum absolute atomic E-state index is 12.1. The minimum absolute atomic E-state index is 0.0350. The number of piperidine rings is 1. The third kappa shape index (κ3) is 3.40. The molecule has 1 saturated heterocycles. The molecule has 0 amide bonds. The van der Waals surface area contributed by atoms with Gasteiger partial charge in [-0.1, -0.05) is 18.2 Å². The van der Waals surface area contributed by atoms with Gasteiger partial charge in [0.2, 0.25) is 15.7 Å². The van der Waals surface area contributed by atoms with Crippen molar-refractivity contribution in [1.29, 1.82) is 0 Å². The maximum Gasteiger partial charge on any atom is 0.211 e. The van der Waals surface area contributed by atoms with E-state index >= 15 is 0 Å². The number of fused-ring (bicyclic) bond motifs is 4. The van der Waals surface area contributed by atoms with Gasteiger partial charge in [-0.15, -0.1) is 0 Å². The van der Waals surface area contributed by atoms with Gasteiger partial charge in [0.05, 0.1) is 32.2 Å². The van der Waals surface area contributed by atoms with Crippen LogP contribution < -0.4 is 14.2 Å². The summed E-state index contributed by atoms with van der Waals surface area (Å²) in [6.45, 7) is 0.816. The zero-order valence-electron chi connectivity index (χ0n) is 18.4. The molecule has 8 nitrogen and oxygen atoms in total. The first-order valence-corrected chi connectivity index (χ1v) is 12.5. The fourth-order valence-electron chi connectivity index (χ4n) is 4.92. The molecule has 0 aromatic heterocycles. The number of ether oxygens (including phenoxy) is 3. The summed E-state index contributed by atoms with van der Waals surface area (Å²) < 4.78 is 43.0. The fraction of sp³-hybridized carbons (Fsp3) is 0.435. The van der Waals surface area contributed by atoms with E-state index in [1.807, 2.05) is 36.4 Å². The molecule has 3 aliphatic rings. The molecule has 3 heterocycles. The first-order valence-electron chi connectivity index (χ1n) is 10.7. The lowest BCUT2D eigenvalue weighted by Gasteiger charge is -2.50. The molecule has 2 aromatic rings. The third-order valence-electron chi connectivity index (χ3n) is 6.60. The summed E-state index contributed by atoms with van der Waals surface area (Å²) in [6.07, 6.45) is 3.09. The number of sulfonamides is 1. The van der Waals surface area contributed by atoms with Crippen LogP contribution >= 0.6 is 0 Å². The van der Waals surface area contributed by atoms with Crippen molar-refractivity contribution in [2.75, 3.05) is 33.6 Å². The van der Waals surface area contributed by atoms with Gasteiger partial charge in [-0.3, -0.25) is 0 Å². The molecule has 0 saturated carbocycles. The highest BCUT2D eigenvalue weighted by atomic mass is 32.2. The van der Waals surface area contributed by atoms with Crippen molar-refractivity contribution in [2.24, 2.45) is 5.10 Å². The molecule has 1 spiro atoms. The van der Waals surface area contributed by atoms with Gasteiger partial charge in [0.1, 0.15) is 5.75 Å². The first kappa shape index (κ1) is 21.1. The van der Waals surface area contributed by atoms with Crippen molar-refractivity contribution in [3.05, 3.63) is 53.6 Å². The number of hydrogen-bond donors (Lipinski definition) is 0. The normalized spacial score (nSPS) is 22.0. The smallest absolute Gasteiger partial charge is 0.211 e. The molecule has 1 atom stereocenters. The number of para-hydroxylation sites is 1. The van der Waals surface area contributed by atoms with E-state index < -0.39 is 15.7 Å². The lowest BCUT2D eigenvalue weighted by Crippen LogP contribution is -2.59. The van der Waals surface area contributed by atoms with Gasteiger partial charge in [-0.25, -0.2) is 17.7 Å². The van der Waals surface area contributed by atoms with Gasteiger partial charge in [0, 0.05) is 43.5 Å². The molecule has 0 aliphatic carbocycles. The van der Waals surface area contributed by atoms with E-state index in [-0.39, 0.29) is 6.04 Å². The van der Waals surface area contributed by atoms with Gasteiger partial charge >= 0.3 is 0 Å². The predicted molar refractivity (Wildman–Crippen MR) is 121 cm³/mol. The summed E-state index contributed by atoms with van der Waals surface area (Å²) in [4.78, 5) is 0. The number of methoxy groups -OCH3 is 2. The van der Waals surface area contributed by atoms with Gasteiger partial charge in [0.25, 0.3) is 0 Å². The summed E-state index contributed by atoms with van der Waals surface area (Å²) in [5.74, 6) is 2.18. The zero-order valence-corrected chi connectivity index (χ0v) is 19.3. The average Bonchev–Trinajstić information content (AvgIpc) is 3.25. The first-order chi connectivity index (χ1) is 15.3. The van der Waals surface area contributed by atoms with Crippen LogP contribution in [0.3, 0.4) is 0 Å². The van der Waals surface area contributed by atoms with Gasteiger partial charge in [-0.05, 0) is 24.3 Å². The van der Waals surface area contributed by atoms with Crippen LogP contribution in [0, 0.1) is 0 Å². The molecular formula is C23H27N3O5S. The largest absolute Gasteiger partial charge is 0.493 e. The van der Waals surface area contributed by atoms with E-state index in [0.717, 1.165) is 29.0 Å². The highest BCUT2D eigenvalue weighted by Crippen LogP contribution is 2.50. The van der Waals surface area contributed by atoms with E-state index in [1.165, 1.54) is 10.6 Å². The molecule has 32 heavy (non-hydrogen) atoms. The maximum atomic E-state index is 12.1. The predicted octanol–water partition coefficient (Wildman–Crippen LogP) is 3.00. The lowest BCUT2D eigenvalue weighted by atomic mass is 9.91. The zero-order chi connectivity index (χ0) is 22.5. The van der Waals surface area contributed by atoms with Crippen LogP contribution in [0.15, 0.2) is 47.6 Å². The molecule has 9 heteroatoms. The molecule has 0 radical (unpaired) electrons. The molecule has 0 unspecified atom stereocenters. The van der Waals surface area contributed by atoms with Crippen molar-refractivity contribution in [1.82, 2.24) is 9.31 Å². The second-order valence-corrected chi connectivity index (χ2v) is 10.4. The second-order valence-electron chi connectivity index (χ2n) is 8.43. The summed E-state index contributed by atoms with van der Waals surface area (Å²) in [5, 5.41) is 7.11. The SMILES string of the molecule is COc1ccc(C2=NN3[C@@H](C2)c2ccccc2OC32CCN(S(C)(=O)=O)CC2)cc1OC. The Morgan fingerprint density at radius 2 is 1.78 bits per heavy atom. The van der Waals surface area contributed by atoms with Crippen LogP contribution in [-0.4, -0.2) is 62.7 Å². The van der Waals surface area contributed by atoms with Gasteiger partial charge < -0.3 is 14.2 Å². The molecule has 0 N–H and O–H groups in total. The minimum Gasteiger partial charge on any atom is -0.493 e. The van der Waals surface area contributed by atoms with Crippen molar-refractivity contribution in [3.63, 3.8) is 0 Å². The summed E-state index contributed by atoms with van der Waals surface area (Å²) >= 11 is 0. The highest BCUT2D eigenvalue weighted by Gasteiger charge is 2.52. The number of nitrogens with zero attached hydrogens (tertiary/aromatic N) is 3. The number of hydrogen-bond acceptors (Lipinski definition) is 7. The van der Waals surface area contributed by atoms with Crippen LogP contribution in [0.4, 0.5) is 0 Å². The Balaban J connectivity index is 1.53. The Morgan fingerprint density at radius 1 is 1.06 bits per heavy atom. The molecule has 5 rings (SSSR count). The standard InChI is InChI=1S/C23H27N3O5S/c1-29-21-9-8-16(14-22(21)30-2)18-15-19-17-6-4-5-7-20(17)31-23(26(19)24-18)10-12-25(13-11-23)32(3,27)28/h4-9,14,19H,10-13,15H2,1-3H3/t19-/m0/s1. The van der Waals surface area contributed by atoms with Crippen LogP contribution in [0.25, 0.3) is 0 Å². The molecule has 1 fully saturated rings. The van der Waals surface area contributed by atoms with Gasteiger partial charge in [-0.2, -0.15) is 5.10 Å². The molecular weight excluding hydrogens is 430 g/mol. The van der Waals surface area contributed by atoms with Crippen LogP contribution in [-0.2, 0) is 10.0 Å². The van der Waals surface area contributed by atoms with Crippen molar-refractivity contribution in [2.45, 2.75) is 31.0 Å². The fourth-order valence-corrected chi connectivity index (χ4v) is 5.76. The second kappa shape index (κ2) is 7.67. The third-order valence-corrected chi connectivity index (χ3v) is 7.90. The van der Waals surface area contributed by atoms with Crippen molar-refractivity contribution >= 4 is 15.7 Å². The number of rotatable bonds is 4. The van der Waals surface area contributed by atoms with Crippen LogP contribution in [0.1, 0.15) is 36.4 Å². The molecule has 2 aromatic carbocycles. The number of hydrazone groups is 1. The molecule has 0 bridgehead atoms. The summed E-state index contributed by atoms with van der Waals surface area (Å²) in [5.41, 5.74) is 2.35. The minimum atomic E-state index is -3.23. The Morgan fingerprint density at radius 3 is 2.47 bits per heavy atom.